The summed E-state index contributed by atoms with van der Waals surface area (Å²) in [4.78, 5) is 16.0. The molecule has 2 fully saturated rings. The fourth-order valence-corrected chi connectivity index (χ4v) is 2.18. The molecule has 2 rings (SSSR count). The van der Waals surface area contributed by atoms with E-state index in [0.717, 1.165) is 45.6 Å². The van der Waals surface area contributed by atoms with Crippen molar-refractivity contribution < 1.29 is 9.53 Å². The van der Waals surface area contributed by atoms with Gasteiger partial charge in [-0.05, 0) is 33.6 Å². The van der Waals surface area contributed by atoms with Crippen molar-refractivity contribution in [1.82, 2.24) is 9.80 Å². The van der Waals surface area contributed by atoms with Gasteiger partial charge in [-0.3, -0.25) is 4.90 Å². The SMILES string of the molecule is CC(C)(C)OC(=O)N1CCN(CC2(N)CC2)CC1. The summed E-state index contributed by atoms with van der Waals surface area (Å²) in [7, 11) is 0. The third kappa shape index (κ3) is 3.85. The van der Waals surface area contributed by atoms with Crippen LogP contribution in [0.1, 0.15) is 33.6 Å². The number of nitrogens with two attached hydrogens (primary N) is 1. The molecule has 104 valence electrons. The molecule has 0 aromatic carbocycles. The van der Waals surface area contributed by atoms with Gasteiger partial charge in [0.25, 0.3) is 0 Å². The Morgan fingerprint density at radius 2 is 1.78 bits per heavy atom. The Hall–Kier alpha value is -0.810. The lowest BCUT2D eigenvalue weighted by Crippen LogP contribution is -2.52. The Morgan fingerprint density at radius 3 is 2.22 bits per heavy atom. The maximum atomic E-state index is 11.9. The molecule has 1 saturated heterocycles. The van der Waals surface area contributed by atoms with Gasteiger partial charge in [0.1, 0.15) is 5.60 Å². The molecule has 1 aliphatic heterocycles. The van der Waals surface area contributed by atoms with Crippen LogP contribution in [0.4, 0.5) is 4.79 Å². The van der Waals surface area contributed by atoms with Crippen LogP contribution in [0.5, 0.6) is 0 Å². The van der Waals surface area contributed by atoms with Gasteiger partial charge < -0.3 is 15.4 Å². The van der Waals surface area contributed by atoms with Crippen molar-refractivity contribution in [2.75, 3.05) is 32.7 Å². The molecule has 0 aromatic rings. The zero-order chi connectivity index (χ0) is 13.4. The number of hydrogen-bond donors (Lipinski definition) is 1. The van der Waals surface area contributed by atoms with Crippen molar-refractivity contribution in [3.8, 4) is 0 Å². The summed E-state index contributed by atoms with van der Waals surface area (Å²) in [6.45, 7) is 9.94. The summed E-state index contributed by atoms with van der Waals surface area (Å²) in [6.07, 6.45) is 2.08. The predicted octanol–water partition coefficient (Wildman–Crippen LogP) is 1.03. The van der Waals surface area contributed by atoms with E-state index in [0.29, 0.717) is 0 Å². The fraction of sp³-hybridized carbons (Fsp3) is 0.923. The summed E-state index contributed by atoms with van der Waals surface area (Å²) in [5.74, 6) is 0. The summed E-state index contributed by atoms with van der Waals surface area (Å²) in [6, 6.07) is 0. The molecule has 0 bridgehead atoms. The van der Waals surface area contributed by atoms with Gasteiger partial charge in [0.05, 0.1) is 0 Å². The van der Waals surface area contributed by atoms with E-state index >= 15 is 0 Å². The van der Waals surface area contributed by atoms with E-state index in [4.69, 9.17) is 10.5 Å². The fourth-order valence-electron chi connectivity index (χ4n) is 2.18. The number of nitrogens with zero attached hydrogens (tertiary/aromatic N) is 2. The standard InChI is InChI=1S/C13H25N3O2/c1-12(2,3)18-11(17)16-8-6-15(7-9-16)10-13(14)4-5-13/h4-10,14H2,1-3H3. The molecular formula is C13H25N3O2. The molecule has 0 radical (unpaired) electrons. The minimum Gasteiger partial charge on any atom is -0.444 e. The minimum atomic E-state index is -0.413. The van der Waals surface area contributed by atoms with E-state index in [1.807, 2.05) is 20.8 Å². The highest BCUT2D eigenvalue weighted by Gasteiger charge is 2.40. The molecule has 0 unspecified atom stereocenters. The van der Waals surface area contributed by atoms with Crippen molar-refractivity contribution in [3.05, 3.63) is 0 Å². The molecule has 18 heavy (non-hydrogen) atoms. The summed E-state index contributed by atoms with van der Waals surface area (Å²) in [5.41, 5.74) is 5.76. The van der Waals surface area contributed by atoms with E-state index in [2.05, 4.69) is 4.90 Å². The van der Waals surface area contributed by atoms with Crippen molar-refractivity contribution >= 4 is 6.09 Å². The molecule has 5 heteroatoms. The lowest BCUT2D eigenvalue weighted by molar-refractivity contribution is 0.0139. The first-order chi connectivity index (χ1) is 8.27. The average molecular weight is 255 g/mol. The zero-order valence-corrected chi connectivity index (χ0v) is 11.7. The molecular weight excluding hydrogens is 230 g/mol. The second kappa shape index (κ2) is 4.70. The zero-order valence-electron chi connectivity index (χ0n) is 11.7. The number of ether oxygens (including phenoxy) is 1. The number of rotatable bonds is 2. The number of amides is 1. The first-order valence-corrected chi connectivity index (χ1v) is 6.77. The van der Waals surface area contributed by atoms with Crippen LogP contribution < -0.4 is 5.73 Å². The second-order valence-corrected chi connectivity index (χ2v) is 6.61. The van der Waals surface area contributed by atoms with Gasteiger partial charge in [-0.25, -0.2) is 4.79 Å². The number of hydrogen-bond acceptors (Lipinski definition) is 4. The molecule has 0 aromatic heterocycles. The van der Waals surface area contributed by atoms with Gasteiger partial charge in [0.2, 0.25) is 0 Å². The third-order valence-corrected chi connectivity index (χ3v) is 3.45. The molecule has 1 aliphatic carbocycles. The Labute approximate surface area is 109 Å². The second-order valence-electron chi connectivity index (χ2n) is 6.61. The van der Waals surface area contributed by atoms with Crippen molar-refractivity contribution in [3.63, 3.8) is 0 Å². The van der Waals surface area contributed by atoms with Crippen LogP contribution >= 0.6 is 0 Å². The summed E-state index contributed by atoms with van der Waals surface area (Å²) >= 11 is 0. The topological polar surface area (TPSA) is 58.8 Å². The number of carbonyl (C=O) groups is 1. The maximum Gasteiger partial charge on any atom is 0.410 e. The monoisotopic (exact) mass is 255 g/mol. The number of piperazine rings is 1. The number of carbonyl (C=O) groups excluding carboxylic acids is 1. The molecule has 2 N–H and O–H groups in total. The molecule has 0 atom stereocenters. The lowest BCUT2D eigenvalue weighted by atomic mass is 10.2. The Balaban J connectivity index is 1.74. The molecule has 1 saturated carbocycles. The largest absolute Gasteiger partial charge is 0.444 e. The van der Waals surface area contributed by atoms with Crippen LogP contribution in [0.2, 0.25) is 0 Å². The first kappa shape index (κ1) is 13.6. The average Bonchev–Trinajstić information content (AvgIpc) is 2.94. The van der Waals surface area contributed by atoms with Crippen LogP contribution in [0.15, 0.2) is 0 Å². The van der Waals surface area contributed by atoms with Crippen LogP contribution in [0, 0.1) is 0 Å². The Morgan fingerprint density at radius 1 is 1.22 bits per heavy atom. The van der Waals surface area contributed by atoms with Gasteiger partial charge in [0.15, 0.2) is 0 Å². The van der Waals surface area contributed by atoms with Crippen LogP contribution in [-0.4, -0.2) is 59.8 Å². The molecule has 1 amide bonds. The van der Waals surface area contributed by atoms with Gasteiger partial charge in [-0.15, -0.1) is 0 Å². The molecule has 0 spiro atoms. The highest BCUT2D eigenvalue weighted by Crippen LogP contribution is 2.33. The van der Waals surface area contributed by atoms with E-state index in [1.54, 1.807) is 4.90 Å². The summed E-state index contributed by atoms with van der Waals surface area (Å²) in [5, 5.41) is 0. The molecule has 5 nitrogen and oxygen atoms in total. The van der Waals surface area contributed by atoms with E-state index in [1.165, 1.54) is 0 Å². The Bertz CT molecular complexity index is 313. The minimum absolute atomic E-state index is 0.0636. The quantitative estimate of drug-likeness (QED) is 0.800. The molecule has 2 aliphatic rings. The van der Waals surface area contributed by atoms with Crippen LogP contribution in [0.3, 0.4) is 0 Å². The highest BCUT2D eigenvalue weighted by atomic mass is 16.6. The molecule has 1 heterocycles. The van der Waals surface area contributed by atoms with Crippen molar-refractivity contribution in [2.24, 2.45) is 5.73 Å². The van der Waals surface area contributed by atoms with Crippen molar-refractivity contribution in [2.45, 2.75) is 44.8 Å². The van der Waals surface area contributed by atoms with Crippen LogP contribution in [-0.2, 0) is 4.74 Å². The predicted molar refractivity (Wildman–Crippen MR) is 70.4 cm³/mol. The smallest absolute Gasteiger partial charge is 0.410 e. The van der Waals surface area contributed by atoms with Crippen LogP contribution in [0.25, 0.3) is 0 Å². The van der Waals surface area contributed by atoms with Crippen molar-refractivity contribution in [1.29, 1.82) is 0 Å². The van der Waals surface area contributed by atoms with Gasteiger partial charge in [-0.2, -0.15) is 0 Å². The highest BCUT2D eigenvalue weighted by molar-refractivity contribution is 5.68. The lowest BCUT2D eigenvalue weighted by Gasteiger charge is -2.36. The normalized spacial score (nSPS) is 23.9. The van der Waals surface area contributed by atoms with E-state index in [-0.39, 0.29) is 11.6 Å². The maximum absolute atomic E-state index is 11.9. The summed E-state index contributed by atoms with van der Waals surface area (Å²) < 4.78 is 5.37. The third-order valence-electron chi connectivity index (χ3n) is 3.45. The van der Waals surface area contributed by atoms with Gasteiger partial charge >= 0.3 is 6.09 Å². The Kier molecular flexibility index (Phi) is 3.56. The van der Waals surface area contributed by atoms with Gasteiger partial charge in [-0.1, -0.05) is 0 Å². The van der Waals surface area contributed by atoms with E-state index in [9.17, 15) is 4.79 Å². The van der Waals surface area contributed by atoms with E-state index < -0.39 is 5.60 Å². The van der Waals surface area contributed by atoms with Gasteiger partial charge in [0, 0.05) is 38.3 Å². The first-order valence-electron chi connectivity index (χ1n) is 6.77.